The van der Waals surface area contributed by atoms with Gasteiger partial charge in [-0.1, -0.05) is 80.0 Å². The standard InChI is InChI=1S/C29H40N4O2.C8H17NO/c1-18(2)16-30-27-13-11-23(17-31-27)25-15-24(12-10-19(25)3)33-28(35)32-21(5)26(22(6)34)14-20(4)29(7,8)9;1-5-6-9-7(10)8(2,3)4/h10-15,17-18H,16H2,1-9H3,(H,30,31)(H2,32,33,35);5-6H2,1-4H3,(H,9,10)/b20-14+,26-21-;. The maximum absolute atomic E-state index is 12.7. The highest BCUT2D eigenvalue weighted by molar-refractivity contribution is 5.98. The van der Waals surface area contributed by atoms with Crippen LogP contribution in [0.25, 0.3) is 11.1 Å². The molecular formula is C37H57N5O3. The Kier molecular flexibility index (Phi) is 15.2. The van der Waals surface area contributed by atoms with Crippen molar-refractivity contribution in [1.29, 1.82) is 0 Å². The first-order valence-electron chi connectivity index (χ1n) is 15.8. The van der Waals surface area contributed by atoms with Crippen molar-refractivity contribution in [2.45, 2.75) is 96.4 Å². The van der Waals surface area contributed by atoms with E-state index in [2.05, 4.69) is 60.9 Å². The molecule has 8 nitrogen and oxygen atoms in total. The Bertz CT molecular complexity index is 1360. The molecule has 2 aromatic rings. The van der Waals surface area contributed by atoms with Gasteiger partial charge in [-0.3, -0.25) is 9.59 Å². The minimum atomic E-state index is -0.399. The van der Waals surface area contributed by atoms with E-state index in [0.717, 1.165) is 47.6 Å². The van der Waals surface area contributed by atoms with Crippen LogP contribution in [0, 0.1) is 23.7 Å². The average molecular weight is 620 g/mol. The Labute approximate surface area is 272 Å². The zero-order valence-electron chi connectivity index (χ0n) is 29.9. The van der Waals surface area contributed by atoms with Crippen LogP contribution in [0.5, 0.6) is 0 Å². The van der Waals surface area contributed by atoms with Crippen LogP contribution in [0.3, 0.4) is 0 Å². The average Bonchev–Trinajstić information content (AvgIpc) is 2.93. The molecule has 3 amide bonds. The van der Waals surface area contributed by atoms with E-state index in [-0.39, 0.29) is 22.5 Å². The van der Waals surface area contributed by atoms with Gasteiger partial charge in [-0.2, -0.15) is 0 Å². The number of aromatic nitrogens is 1. The van der Waals surface area contributed by atoms with E-state index in [1.54, 1.807) is 6.92 Å². The molecule has 2 rings (SSSR count). The summed E-state index contributed by atoms with van der Waals surface area (Å²) in [6.07, 6.45) is 4.70. The van der Waals surface area contributed by atoms with E-state index in [4.69, 9.17) is 0 Å². The number of aryl methyl sites for hydroxylation is 1. The van der Waals surface area contributed by atoms with Crippen LogP contribution in [0.1, 0.15) is 95.1 Å². The number of pyridine rings is 1. The Morgan fingerprint density at radius 3 is 2.07 bits per heavy atom. The molecule has 248 valence electrons. The van der Waals surface area contributed by atoms with Gasteiger partial charge in [0.15, 0.2) is 5.78 Å². The highest BCUT2D eigenvalue weighted by Gasteiger charge is 2.20. The first-order chi connectivity index (χ1) is 20.8. The molecular weight excluding hydrogens is 562 g/mol. The second-order valence-electron chi connectivity index (χ2n) is 14.0. The van der Waals surface area contributed by atoms with Crippen LogP contribution in [0.15, 0.2) is 59.4 Å². The number of ketones is 1. The maximum Gasteiger partial charge on any atom is 0.323 e. The first kappa shape index (κ1) is 39.1. The minimum Gasteiger partial charge on any atom is -0.370 e. The summed E-state index contributed by atoms with van der Waals surface area (Å²) < 4.78 is 0. The third-order valence-electron chi connectivity index (χ3n) is 7.11. The molecule has 0 saturated carbocycles. The van der Waals surface area contributed by atoms with Gasteiger partial charge < -0.3 is 21.3 Å². The molecule has 0 aliphatic carbocycles. The lowest BCUT2D eigenvalue weighted by Crippen LogP contribution is -2.35. The summed E-state index contributed by atoms with van der Waals surface area (Å²) in [5.74, 6) is 1.42. The second-order valence-corrected chi connectivity index (χ2v) is 14.0. The van der Waals surface area contributed by atoms with Crippen LogP contribution in [-0.2, 0) is 9.59 Å². The van der Waals surface area contributed by atoms with E-state index < -0.39 is 6.03 Å². The molecule has 0 fully saturated rings. The monoisotopic (exact) mass is 619 g/mol. The summed E-state index contributed by atoms with van der Waals surface area (Å²) in [6, 6.07) is 9.35. The smallest absolute Gasteiger partial charge is 0.323 e. The van der Waals surface area contributed by atoms with Crippen molar-refractivity contribution in [3.8, 4) is 11.1 Å². The Morgan fingerprint density at radius 1 is 0.933 bits per heavy atom. The first-order valence-corrected chi connectivity index (χ1v) is 15.8. The van der Waals surface area contributed by atoms with Crippen molar-refractivity contribution < 1.29 is 14.4 Å². The molecule has 0 bridgehead atoms. The third kappa shape index (κ3) is 14.1. The number of nitrogens with one attached hydrogen (secondary N) is 4. The van der Waals surface area contributed by atoms with E-state index >= 15 is 0 Å². The van der Waals surface area contributed by atoms with Gasteiger partial charge in [-0.15, -0.1) is 0 Å². The van der Waals surface area contributed by atoms with Gasteiger partial charge in [-0.25, -0.2) is 9.78 Å². The topological polar surface area (TPSA) is 112 Å². The molecule has 4 N–H and O–H groups in total. The van der Waals surface area contributed by atoms with Gasteiger partial charge >= 0.3 is 6.03 Å². The number of nitrogens with zero attached hydrogens (tertiary/aromatic N) is 1. The van der Waals surface area contributed by atoms with Gasteiger partial charge in [-0.05, 0) is 80.8 Å². The lowest BCUT2D eigenvalue weighted by atomic mass is 9.86. The molecule has 0 aliphatic rings. The number of anilines is 2. The van der Waals surface area contributed by atoms with Gasteiger partial charge in [0.2, 0.25) is 5.91 Å². The van der Waals surface area contributed by atoms with Crippen LogP contribution in [0.4, 0.5) is 16.3 Å². The van der Waals surface area contributed by atoms with E-state index in [1.807, 2.05) is 84.1 Å². The second kappa shape index (κ2) is 17.5. The number of carbonyl (C=O) groups excluding carboxylic acids is 3. The molecule has 0 aliphatic heterocycles. The molecule has 0 unspecified atom stereocenters. The van der Waals surface area contributed by atoms with Crippen LogP contribution < -0.4 is 21.3 Å². The number of Topliss-reactive ketones (excluding diaryl/α,β-unsaturated/α-hetero) is 1. The molecule has 1 aromatic heterocycles. The number of hydrogen-bond acceptors (Lipinski definition) is 5. The van der Waals surface area contributed by atoms with Crippen molar-refractivity contribution in [2.24, 2.45) is 16.7 Å². The number of rotatable bonds is 10. The Hall–Kier alpha value is -3.94. The Morgan fingerprint density at radius 2 is 1.58 bits per heavy atom. The van der Waals surface area contributed by atoms with Gasteiger partial charge in [0.25, 0.3) is 0 Å². The van der Waals surface area contributed by atoms with Crippen molar-refractivity contribution in [2.75, 3.05) is 23.7 Å². The number of benzene rings is 1. The zero-order valence-corrected chi connectivity index (χ0v) is 29.9. The molecule has 45 heavy (non-hydrogen) atoms. The predicted molar refractivity (Wildman–Crippen MR) is 189 cm³/mol. The number of carbonyl (C=O) groups is 3. The van der Waals surface area contributed by atoms with Crippen molar-refractivity contribution in [1.82, 2.24) is 15.6 Å². The van der Waals surface area contributed by atoms with E-state index in [1.165, 1.54) is 6.92 Å². The van der Waals surface area contributed by atoms with Crippen molar-refractivity contribution in [3.63, 3.8) is 0 Å². The molecule has 8 heteroatoms. The number of allylic oxidation sites excluding steroid dienone is 4. The van der Waals surface area contributed by atoms with Gasteiger partial charge in [0.05, 0.1) is 0 Å². The molecule has 0 spiro atoms. The highest BCUT2D eigenvalue weighted by Crippen LogP contribution is 2.28. The Balaban J connectivity index is 0.000000868. The third-order valence-corrected chi connectivity index (χ3v) is 7.11. The van der Waals surface area contributed by atoms with Crippen LogP contribution >= 0.6 is 0 Å². The molecule has 1 aromatic carbocycles. The molecule has 0 radical (unpaired) electrons. The quantitative estimate of drug-likeness (QED) is 0.157. The van der Waals surface area contributed by atoms with Gasteiger partial charge in [0.1, 0.15) is 5.82 Å². The molecule has 1 heterocycles. The largest absolute Gasteiger partial charge is 0.370 e. The summed E-state index contributed by atoms with van der Waals surface area (Å²) in [6.45, 7) is 27.3. The summed E-state index contributed by atoms with van der Waals surface area (Å²) in [5, 5.41) is 11.9. The van der Waals surface area contributed by atoms with Crippen LogP contribution in [-0.4, -0.2) is 35.8 Å². The maximum atomic E-state index is 12.7. The summed E-state index contributed by atoms with van der Waals surface area (Å²) >= 11 is 0. The zero-order chi connectivity index (χ0) is 34.5. The molecule has 0 atom stereocenters. The summed E-state index contributed by atoms with van der Waals surface area (Å²) in [7, 11) is 0. The number of amides is 3. The summed E-state index contributed by atoms with van der Waals surface area (Å²) in [4.78, 5) is 40.6. The van der Waals surface area contributed by atoms with Crippen molar-refractivity contribution >= 4 is 29.2 Å². The molecule has 0 saturated heterocycles. The normalized spacial score (nSPS) is 12.4. The fourth-order valence-electron chi connectivity index (χ4n) is 3.79. The van der Waals surface area contributed by atoms with E-state index in [0.29, 0.717) is 22.9 Å². The van der Waals surface area contributed by atoms with Gasteiger partial charge in [0, 0.05) is 47.2 Å². The SMILES string of the molecule is CC(=O)C(/C=C(\C)C(C)(C)C)=C(/C)NC(=O)Nc1ccc(C)c(-c2ccc(NCC(C)C)nc2)c1.CCCNC(=O)C(C)(C)C. The fraction of sp³-hybridized carbons (Fsp3) is 0.514. The lowest BCUT2D eigenvalue weighted by Gasteiger charge is -2.20. The number of hydrogen-bond donors (Lipinski definition) is 4. The lowest BCUT2D eigenvalue weighted by molar-refractivity contribution is -0.128. The summed E-state index contributed by atoms with van der Waals surface area (Å²) in [5.41, 5.74) is 5.46. The van der Waals surface area contributed by atoms with E-state index in [9.17, 15) is 14.4 Å². The predicted octanol–water partition coefficient (Wildman–Crippen LogP) is 8.66. The van der Waals surface area contributed by atoms with Crippen molar-refractivity contribution in [3.05, 3.63) is 65.0 Å². The highest BCUT2D eigenvalue weighted by atomic mass is 16.2. The number of urea groups is 1. The van der Waals surface area contributed by atoms with Crippen LogP contribution in [0.2, 0.25) is 0 Å². The fourth-order valence-corrected chi connectivity index (χ4v) is 3.79. The minimum absolute atomic E-state index is 0.0704.